The van der Waals surface area contributed by atoms with Crippen LogP contribution in [0.25, 0.3) is 0 Å². The van der Waals surface area contributed by atoms with Crippen molar-refractivity contribution in [1.82, 2.24) is 9.88 Å². The van der Waals surface area contributed by atoms with Gasteiger partial charge in [-0.1, -0.05) is 0 Å². The van der Waals surface area contributed by atoms with Crippen LogP contribution in [0.15, 0.2) is 40.1 Å². The number of sulfonamides is 1. The zero-order chi connectivity index (χ0) is 24.7. The lowest BCUT2D eigenvalue weighted by Gasteiger charge is -2.24. The Kier molecular flexibility index (Phi) is 6.45. The van der Waals surface area contributed by atoms with E-state index in [2.05, 4.69) is 15.2 Å². The summed E-state index contributed by atoms with van der Waals surface area (Å²) in [4.78, 5) is 4.75. The SMILES string of the molecule is O=S(=O)(Nc1cscn1)c1c(F)ccc(NCc2c(F)ccc(F)c2CN2C3CCC2CC3)c1F. The summed E-state index contributed by atoms with van der Waals surface area (Å²) in [5.74, 6) is -3.97. The van der Waals surface area contributed by atoms with Gasteiger partial charge < -0.3 is 5.32 Å². The van der Waals surface area contributed by atoms with Crippen LogP contribution in [0.3, 0.4) is 0 Å². The largest absolute Gasteiger partial charge is 0.378 e. The van der Waals surface area contributed by atoms with Gasteiger partial charge in [-0.25, -0.2) is 31.0 Å². The Morgan fingerprint density at radius 1 is 0.943 bits per heavy atom. The fourth-order valence-electron chi connectivity index (χ4n) is 5.01. The summed E-state index contributed by atoms with van der Waals surface area (Å²) < 4.78 is 86.3. The van der Waals surface area contributed by atoms with Gasteiger partial charge in [0.15, 0.2) is 16.5 Å². The molecule has 0 amide bonds. The highest BCUT2D eigenvalue weighted by molar-refractivity contribution is 7.92. The second kappa shape index (κ2) is 9.40. The molecular weight excluding hydrogens is 504 g/mol. The first kappa shape index (κ1) is 24.0. The summed E-state index contributed by atoms with van der Waals surface area (Å²) in [7, 11) is -4.63. The van der Waals surface area contributed by atoms with Crippen LogP contribution in [0.5, 0.6) is 0 Å². The summed E-state index contributed by atoms with van der Waals surface area (Å²) in [6, 6.07) is 4.57. The van der Waals surface area contributed by atoms with Gasteiger partial charge in [0.05, 0.1) is 11.2 Å². The molecule has 12 heteroatoms. The fraction of sp³-hybridized carbons (Fsp3) is 0.348. The summed E-state index contributed by atoms with van der Waals surface area (Å²) >= 11 is 1.10. The number of halogens is 4. The molecule has 5 rings (SSSR count). The summed E-state index contributed by atoms with van der Waals surface area (Å²) in [5, 5.41) is 4.00. The van der Waals surface area contributed by atoms with Crippen molar-refractivity contribution in [2.75, 3.05) is 10.0 Å². The van der Waals surface area contributed by atoms with Crippen molar-refractivity contribution in [3.8, 4) is 0 Å². The van der Waals surface area contributed by atoms with Crippen LogP contribution < -0.4 is 10.0 Å². The first-order valence-electron chi connectivity index (χ1n) is 11.1. The Morgan fingerprint density at radius 2 is 1.57 bits per heavy atom. The Morgan fingerprint density at radius 3 is 2.20 bits per heavy atom. The van der Waals surface area contributed by atoms with Crippen LogP contribution in [0.4, 0.5) is 29.1 Å². The molecule has 0 radical (unpaired) electrons. The molecule has 0 spiro atoms. The molecule has 3 heterocycles. The number of rotatable bonds is 8. The highest BCUT2D eigenvalue weighted by Gasteiger charge is 2.39. The van der Waals surface area contributed by atoms with Crippen LogP contribution in [0, 0.1) is 23.3 Å². The van der Waals surface area contributed by atoms with Gasteiger partial charge in [0.1, 0.15) is 17.5 Å². The monoisotopic (exact) mass is 526 g/mol. The van der Waals surface area contributed by atoms with Crippen molar-refractivity contribution < 1.29 is 26.0 Å². The summed E-state index contributed by atoms with van der Waals surface area (Å²) in [5.41, 5.74) is 1.20. The minimum absolute atomic E-state index is 0.0185. The van der Waals surface area contributed by atoms with Crippen molar-refractivity contribution in [2.24, 2.45) is 0 Å². The summed E-state index contributed by atoms with van der Waals surface area (Å²) in [6.07, 6.45) is 4.12. The lowest BCUT2D eigenvalue weighted by molar-refractivity contribution is 0.239. The Hall–Kier alpha value is -2.70. The molecule has 0 atom stereocenters. The molecule has 35 heavy (non-hydrogen) atoms. The molecule has 2 aliphatic heterocycles. The third-order valence-electron chi connectivity index (χ3n) is 6.71. The van der Waals surface area contributed by atoms with E-state index in [-0.39, 0.29) is 35.7 Å². The van der Waals surface area contributed by atoms with Crippen molar-refractivity contribution in [1.29, 1.82) is 0 Å². The zero-order valence-electron chi connectivity index (χ0n) is 18.4. The molecule has 2 saturated heterocycles. The van der Waals surface area contributed by atoms with Gasteiger partial charge in [-0.2, -0.15) is 0 Å². The van der Waals surface area contributed by atoms with E-state index in [1.54, 1.807) is 0 Å². The molecule has 0 saturated carbocycles. The Bertz CT molecular complexity index is 1330. The van der Waals surface area contributed by atoms with Crippen LogP contribution >= 0.6 is 11.3 Å². The predicted molar refractivity (Wildman–Crippen MR) is 125 cm³/mol. The third-order valence-corrected chi connectivity index (χ3v) is 8.68. The van der Waals surface area contributed by atoms with E-state index < -0.39 is 38.2 Å². The van der Waals surface area contributed by atoms with Gasteiger partial charge in [0.2, 0.25) is 0 Å². The number of benzene rings is 2. The van der Waals surface area contributed by atoms with Gasteiger partial charge in [0.25, 0.3) is 10.0 Å². The Balaban J connectivity index is 1.41. The first-order valence-corrected chi connectivity index (χ1v) is 13.5. The second-order valence-electron chi connectivity index (χ2n) is 8.69. The lowest BCUT2D eigenvalue weighted by Crippen LogP contribution is -2.29. The van der Waals surface area contributed by atoms with Crippen molar-refractivity contribution in [2.45, 2.75) is 55.8 Å². The van der Waals surface area contributed by atoms with Gasteiger partial charge in [-0.05, 0) is 49.9 Å². The molecule has 6 nitrogen and oxygen atoms in total. The van der Waals surface area contributed by atoms with E-state index in [1.165, 1.54) is 10.9 Å². The molecule has 1 aromatic heterocycles. The minimum atomic E-state index is -4.63. The molecular formula is C23H22F4N4O2S2. The molecule has 2 N–H and O–H groups in total. The molecule has 2 fully saturated rings. The average Bonchev–Trinajstić information content (AvgIpc) is 3.55. The quantitative estimate of drug-likeness (QED) is 0.393. The maximum atomic E-state index is 15.2. The number of thiazole rings is 1. The number of nitrogens with one attached hydrogen (secondary N) is 2. The third kappa shape index (κ3) is 4.62. The maximum Gasteiger partial charge on any atom is 0.269 e. The highest BCUT2D eigenvalue weighted by Crippen LogP contribution is 2.39. The van der Waals surface area contributed by atoms with E-state index in [4.69, 9.17) is 0 Å². The number of anilines is 2. The van der Waals surface area contributed by atoms with Crippen LogP contribution in [-0.4, -0.2) is 30.4 Å². The normalized spacial score (nSPS) is 19.9. The van der Waals surface area contributed by atoms with E-state index in [0.717, 1.165) is 61.3 Å². The average molecular weight is 527 g/mol. The molecule has 0 unspecified atom stereocenters. The van der Waals surface area contributed by atoms with E-state index >= 15 is 4.39 Å². The van der Waals surface area contributed by atoms with Crippen molar-refractivity contribution in [3.05, 3.63) is 69.6 Å². The van der Waals surface area contributed by atoms with Crippen LogP contribution in [0.2, 0.25) is 0 Å². The number of aromatic nitrogens is 1. The number of fused-ring (bicyclic) bond motifs is 2. The minimum Gasteiger partial charge on any atom is -0.378 e. The van der Waals surface area contributed by atoms with Gasteiger partial charge in [-0.3, -0.25) is 9.62 Å². The number of nitrogens with zero attached hydrogens (tertiary/aromatic N) is 2. The lowest BCUT2D eigenvalue weighted by atomic mass is 10.0. The number of hydrogen-bond acceptors (Lipinski definition) is 6. The van der Waals surface area contributed by atoms with Gasteiger partial charge >= 0.3 is 0 Å². The Labute approximate surface area is 204 Å². The van der Waals surface area contributed by atoms with Crippen LogP contribution in [0.1, 0.15) is 36.8 Å². The van der Waals surface area contributed by atoms with E-state index in [0.29, 0.717) is 12.1 Å². The van der Waals surface area contributed by atoms with E-state index in [9.17, 15) is 21.6 Å². The summed E-state index contributed by atoms with van der Waals surface area (Å²) in [6.45, 7) is -0.0807. The second-order valence-corrected chi connectivity index (χ2v) is 11.0. The first-order chi connectivity index (χ1) is 16.7. The zero-order valence-corrected chi connectivity index (χ0v) is 20.0. The van der Waals surface area contributed by atoms with Crippen LogP contribution in [-0.2, 0) is 23.1 Å². The smallest absolute Gasteiger partial charge is 0.269 e. The molecule has 2 aliphatic rings. The van der Waals surface area contributed by atoms with Gasteiger partial charge in [-0.15, -0.1) is 11.3 Å². The molecule has 2 bridgehead atoms. The molecule has 186 valence electrons. The van der Waals surface area contributed by atoms with E-state index in [1.807, 2.05) is 4.72 Å². The molecule has 2 aromatic carbocycles. The van der Waals surface area contributed by atoms with Crippen molar-refractivity contribution >= 4 is 32.9 Å². The number of hydrogen-bond donors (Lipinski definition) is 2. The molecule has 3 aromatic rings. The highest BCUT2D eigenvalue weighted by atomic mass is 32.2. The van der Waals surface area contributed by atoms with Gasteiger partial charge in [0, 0.05) is 41.7 Å². The molecule has 0 aliphatic carbocycles. The standard InChI is InChI=1S/C23H22F4N4O2S2/c24-17-5-6-18(25)16(10-31-13-1-2-14(31)4-3-13)15(17)9-28-20-8-7-19(26)23(22(20)27)35(32,33)30-21-11-34-12-29-21/h5-8,11-14,28,30H,1-4,9-10H2. The topological polar surface area (TPSA) is 74.3 Å². The predicted octanol–water partition coefficient (Wildman–Crippen LogP) is 5.24. The maximum absolute atomic E-state index is 15.2. The van der Waals surface area contributed by atoms with Crippen molar-refractivity contribution in [3.63, 3.8) is 0 Å². The fourth-order valence-corrected chi connectivity index (χ4v) is 6.73.